The molecule has 2 aliphatic heterocycles. The Balaban J connectivity index is 1.48. The Bertz CT molecular complexity index is 714. The lowest BCUT2D eigenvalue weighted by atomic mass is 10.0. The summed E-state index contributed by atoms with van der Waals surface area (Å²) >= 11 is 1.41. The molecule has 2 unspecified atom stereocenters. The number of fused-ring (bicyclic) bond motifs is 2. The average molecular weight is 314 g/mol. The number of nitrogens with two attached hydrogens (primary N) is 1. The van der Waals surface area contributed by atoms with E-state index >= 15 is 0 Å². The van der Waals surface area contributed by atoms with Crippen molar-refractivity contribution in [1.29, 1.82) is 0 Å². The van der Waals surface area contributed by atoms with Crippen LogP contribution in [-0.2, 0) is 0 Å². The molecule has 2 saturated heterocycles. The Morgan fingerprint density at radius 2 is 2.32 bits per heavy atom. The van der Waals surface area contributed by atoms with Crippen LogP contribution in [0.2, 0.25) is 0 Å². The number of anilines is 1. The van der Waals surface area contributed by atoms with Gasteiger partial charge in [0.15, 0.2) is 5.01 Å². The van der Waals surface area contributed by atoms with Crippen LogP contribution < -0.4 is 11.1 Å². The lowest BCUT2D eigenvalue weighted by Gasteiger charge is -2.22. The topological polar surface area (TPSA) is 71.2 Å². The third kappa shape index (κ3) is 2.48. The molecule has 5 nitrogen and oxygen atoms in total. The maximum atomic E-state index is 12.4. The molecule has 6 heteroatoms. The Morgan fingerprint density at radius 3 is 3.05 bits per heavy atom. The first-order valence-corrected chi connectivity index (χ1v) is 8.35. The van der Waals surface area contributed by atoms with Crippen LogP contribution in [0.25, 0.3) is 10.4 Å². The minimum absolute atomic E-state index is 0.0566. The molecule has 22 heavy (non-hydrogen) atoms. The van der Waals surface area contributed by atoms with E-state index in [-0.39, 0.29) is 11.9 Å². The van der Waals surface area contributed by atoms with Crippen LogP contribution in [0.1, 0.15) is 16.2 Å². The van der Waals surface area contributed by atoms with Gasteiger partial charge in [0, 0.05) is 31.0 Å². The first-order chi connectivity index (χ1) is 10.7. The number of aromatic nitrogens is 1. The van der Waals surface area contributed by atoms with E-state index in [1.54, 1.807) is 6.20 Å². The Labute approximate surface area is 133 Å². The average Bonchev–Trinajstić information content (AvgIpc) is 3.23. The van der Waals surface area contributed by atoms with Gasteiger partial charge in [0.2, 0.25) is 0 Å². The number of hydrogen-bond acceptors (Lipinski definition) is 5. The van der Waals surface area contributed by atoms with Gasteiger partial charge in [0.25, 0.3) is 5.91 Å². The van der Waals surface area contributed by atoms with Gasteiger partial charge in [0.05, 0.1) is 4.88 Å². The van der Waals surface area contributed by atoms with Crippen LogP contribution in [0.5, 0.6) is 0 Å². The molecule has 0 aliphatic carbocycles. The van der Waals surface area contributed by atoms with Crippen LogP contribution in [0.15, 0.2) is 30.5 Å². The van der Waals surface area contributed by atoms with Gasteiger partial charge < -0.3 is 16.0 Å². The van der Waals surface area contributed by atoms with E-state index in [0.29, 0.717) is 16.6 Å². The fourth-order valence-corrected chi connectivity index (χ4v) is 4.20. The zero-order chi connectivity index (χ0) is 15.1. The largest absolute Gasteiger partial charge is 0.399 e. The summed E-state index contributed by atoms with van der Waals surface area (Å²) in [5.41, 5.74) is 7.52. The number of hydrogen-bond donors (Lipinski definition) is 2. The van der Waals surface area contributed by atoms with E-state index in [1.807, 2.05) is 24.3 Å². The quantitative estimate of drug-likeness (QED) is 0.848. The zero-order valence-corrected chi connectivity index (χ0v) is 13.0. The molecular weight excluding hydrogens is 296 g/mol. The van der Waals surface area contributed by atoms with Gasteiger partial charge in [-0.2, -0.15) is 0 Å². The van der Waals surface area contributed by atoms with Gasteiger partial charge in [-0.05, 0) is 36.6 Å². The first kappa shape index (κ1) is 13.7. The van der Waals surface area contributed by atoms with Crippen molar-refractivity contribution in [3.8, 4) is 10.4 Å². The molecule has 1 amide bonds. The highest BCUT2D eigenvalue weighted by atomic mass is 32.1. The number of nitrogens with zero attached hydrogens (tertiary/aromatic N) is 2. The SMILES string of the molecule is Nc1cccc(-c2cnc(C(=O)NC3CN4CC[C@H]3C4)s2)c1. The summed E-state index contributed by atoms with van der Waals surface area (Å²) in [7, 11) is 0. The number of thiazole rings is 1. The smallest absolute Gasteiger partial charge is 0.280 e. The van der Waals surface area contributed by atoms with Crippen molar-refractivity contribution in [2.24, 2.45) is 5.92 Å². The van der Waals surface area contributed by atoms with Crippen molar-refractivity contribution >= 4 is 22.9 Å². The van der Waals surface area contributed by atoms with E-state index in [9.17, 15) is 4.79 Å². The van der Waals surface area contributed by atoms with Crippen molar-refractivity contribution in [2.45, 2.75) is 12.5 Å². The van der Waals surface area contributed by atoms with Gasteiger partial charge in [-0.15, -0.1) is 11.3 Å². The lowest BCUT2D eigenvalue weighted by Crippen LogP contribution is -2.43. The van der Waals surface area contributed by atoms with Crippen molar-refractivity contribution in [3.63, 3.8) is 0 Å². The molecule has 0 saturated carbocycles. The molecular formula is C16H18N4OS. The molecule has 114 valence electrons. The van der Waals surface area contributed by atoms with E-state index < -0.39 is 0 Å². The number of rotatable bonds is 3. The second-order valence-electron chi connectivity index (χ2n) is 6.04. The van der Waals surface area contributed by atoms with Gasteiger partial charge in [-0.3, -0.25) is 4.79 Å². The third-order valence-electron chi connectivity index (χ3n) is 4.52. The molecule has 2 aliphatic rings. The second-order valence-corrected chi connectivity index (χ2v) is 7.07. The number of carbonyl (C=O) groups excluding carboxylic acids is 1. The summed E-state index contributed by atoms with van der Waals surface area (Å²) in [5, 5.41) is 3.67. The Hall–Kier alpha value is -1.92. The highest BCUT2D eigenvalue weighted by Crippen LogP contribution is 2.30. The summed E-state index contributed by atoms with van der Waals surface area (Å²) in [5.74, 6) is 0.552. The summed E-state index contributed by atoms with van der Waals surface area (Å²) in [4.78, 5) is 20.0. The predicted octanol–water partition coefficient (Wildman–Crippen LogP) is 1.83. The number of benzene rings is 1. The molecule has 0 radical (unpaired) electrons. The molecule has 3 atom stereocenters. The van der Waals surface area contributed by atoms with Gasteiger partial charge >= 0.3 is 0 Å². The first-order valence-electron chi connectivity index (χ1n) is 7.54. The van der Waals surface area contributed by atoms with Crippen molar-refractivity contribution in [3.05, 3.63) is 35.5 Å². The van der Waals surface area contributed by atoms with Crippen LogP contribution in [-0.4, -0.2) is 41.5 Å². The number of nitrogen functional groups attached to an aromatic ring is 1. The van der Waals surface area contributed by atoms with Crippen LogP contribution in [0.4, 0.5) is 5.69 Å². The molecule has 0 spiro atoms. The summed E-state index contributed by atoms with van der Waals surface area (Å²) in [6.07, 6.45) is 2.94. The van der Waals surface area contributed by atoms with E-state index in [4.69, 9.17) is 5.73 Å². The lowest BCUT2D eigenvalue weighted by molar-refractivity contribution is 0.0924. The molecule has 1 aromatic carbocycles. The van der Waals surface area contributed by atoms with Crippen molar-refractivity contribution < 1.29 is 4.79 Å². The van der Waals surface area contributed by atoms with Gasteiger partial charge in [0.1, 0.15) is 0 Å². The number of amides is 1. The van der Waals surface area contributed by atoms with Gasteiger partial charge in [-0.1, -0.05) is 12.1 Å². The fourth-order valence-electron chi connectivity index (χ4n) is 3.38. The predicted molar refractivity (Wildman–Crippen MR) is 87.8 cm³/mol. The summed E-state index contributed by atoms with van der Waals surface area (Å²) < 4.78 is 0. The monoisotopic (exact) mass is 314 g/mol. The molecule has 2 fully saturated rings. The number of carbonyl (C=O) groups is 1. The highest BCUT2D eigenvalue weighted by molar-refractivity contribution is 7.17. The highest BCUT2D eigenvalue weighted by Gasteiger charge is 2.38. The van der Waals surface area contributed by atoms with Crippen LogP contribution in [0, 0.1) is 5.92 Å². The van der Waals surface area contributed by atoms with E-state index in [1.165, 1.54) is 24.3 Å². The minimum Gasteiger partial charge on any atom is -0.399 e. The van der Waals surface area contributed by atoms with Crippen LogP contribution >= 0.6 is 11.3 Å². The maximum Gasteiger partial charge on any atom is 0.280 e. The molecule has 2 bridgehead atoms. The number of nitrogens with one attached hydrogen (secondary N) is 1. The summed E-state index contributed by atoms with van der Waals surface area (Å²) in [6, 6.07) is 7.92. The molecule has 3 N–H and O–H groups in total. The van der Waals surface area contributed by atoms with E-state index in [2.05, 4.69) is 15.2 Å². The normalized spacial score (nSPS) is 26.3. The third-order valence-corrected chi connectivity index (χ3v) is 5.57. The fraction of sp³-hybridized carbons (Fsp3) is 0.375. The molecule has 1 aromatic heterocycles. The molecule has 3 heterocycles. The molecule has 2 aromatic rings. The number of piperidine rings is 1. The van der Waals surface area contributed by atoms with Gasteiger partial charge in [-0.25, -0.2) is 4.98 Å². The molecule has 4 rings (SSSR count). The van der Waals surface area contributed by atoms with Crippen molar-refractivity contribution in [2.75, 3.05) is 25.4 Å². The van der Waals surface area contributed by atoms with E-state index in [0.717, 1.165) is 23.5 Å². The standard InChI is InChI=1S/C16H18N4OS/c17-12-3-1-2-10(6-12)14-7-18-16(22-14)15(21)19-13-9-20-5-4-11(13)8-20/h1-3,6-7,11,13H,4-5,8-9,17H2,(H,19,21)/t11-,13?/m0/s1. The van der Waals surface area contributed by atoms with Crippen LogP contribution in [0.3, 0.4) is 0 Å². The second kappa shape index (κ2) is 5.37. The summed E-state index contributed by atoms with van der Waals surface area (Å²) in [6.45, 7) is 3.27. The maximum absolute atomic E-state index is 12.4. The Kier molecular flexibility index (Phi) is 3.35. The minimum atomic E-state index is -0.0566. The Morgan fingerprint density at radius 1 is 1.41 bits per heavy atom. The van der Waals surface area contributed by atoms with Crippen molar-refractivity contribution in [1.82, 2.24) is 15.2 Å². The zero-order valence-electron chi connectivity index (χ0n) is 12.2.